The number of hydrogen-bond donors (Lipinski definition) is 0. The van der Waals surface area contributed by atoms with E-state index >= 15 is 0 Å². The van der Waals surface area contributed by atoms with Crippen molar-refractivity contribution in [1.82, 2.24) is 4.90 Å². The summed E-state index contributed by atoms with van der Waals surface area (Å²) in [6.45, 7) is 2.05. The minimum absolute atomic E-state index is 0.278. The van der Waals surface area contributed by atoms with Crippen molar-refractivity contribution < 1.29 is 9.53 Å². The standard InChI is InChI=1S/C18H21NO2/c1-18(12-6-4-3-5-7-12)11-15(20)17-14-9-8-13(19(14)2)10-16(17)21-18/h3-7,13-14H,8-11H2,1-2H3/t13-,14?,18+/m1/s1. The van der Waals surface area contributed by atoms with Crippen LogP contribution >= 0.6 is 0 Å². The van der Waals surface area contributed by atoms with Gasteiger partial charge in [-0.25, -0.2) is 0 Å². The average Bonchev–Trinajstić information content (AvgIpc) is 2.72. The van der Waals surface area contributed by atoms with Gasteiger partial charge in [-0.1, -0.05) is 30.3 Å². The van der Waals surface area contributed by atoms with Crippen LogP contribution in [0, 0.1) is 0 Å². The molecule has 0 radical (unpaired) electrons. The first-order chi connectivity index (χ1) is 10.1. The minimum Gasteiger partial charge on any atom is -0.486 e. The Kier molecular flexibility index (Phi) is 2.77. The van der Waals surface area contributed by atoms with Crippen LogP contribution in [-0.4, -0.2) is 29.8 Å². The Morgan fingerprint density at radius 3 is 2.76 bits per heavy atom. The summed E-state index contributed by atoms with van der Waals surface area (Å²) in [4.78, 5) is 15.2. The molecule has 1 saturated heterocycles. The molecule has 0 saturated carbocycles. The molecule has 3 aliphatic rings. The van der Waals surface area contributed by atoms with Crippen LogP contribution in [0.25, 0.3) is 0 Å². The zero-order chi connectivity index (χ0) is 14.6. The van der Waals surface area contributed by atoms with Crippen molar-refractivity contribution >= 4 is 5.78 Å². The zero-order valence-corrected chi connectivity index (χ0v) is 12.6. The number of Topliss-reactive ketones (excluding diaryl/α,β-unsaturated/α-hetero) is 1. The molecule has 3 atom stereocenters. The number of ether oxygens (including phenoxy) is 1. The third-order valence-electron chi connectivity index (χ3n) is 5.43. The molecule has 0 spiro atoms. The van der Waals surface area contributed by atoms with Gasteiger partial charge in [-0.2, -0.15) is 0 Å². The Bertz CT molecular complexity index is 621. The Labute approximate surface area is 125 Å². The Balaban J connectivity index is 1.74. The summed E-state index contributed by atoms with van der Waals surface area (Å²) in [6, 6.07) is 11.0. The second-order valence-corrected chi connectivity index (χ2v) is 6.75. The molecule has 3 heteroatoms. The van der Waals surface area contributed by atoms with Gasteiger partial charge in [0.2, 0.25) is 0 Å². The highest BCUT2D eigenvalue weighted by atomic mass is 16.5. The van der Waals surface area contributed by atoms with E-state index in [2.05, 4.69) is 24.1 Å². The fourth-order valence-electron chi connectivity index (χ4n) is 4.22. The number of fused-ring (bicyclic) bond motifs is 3. The molecule has 21 heavy (non-hydrogen) atoms. The largest absolute Gasteiger partial charge is 0.486 e. The van der Waals surface area contributed by atoms with E-state index in [0.717, 1.165) is 29.7 Å². The lowest BCUT2D eigenvalue weighted by Crippen LogP contribution is -2.46. The smallest absolute Gasteiger partial charge is 0.168 e. The maximum Gasteiger partial charge on any atom is 0.168 e. The number of ketones is 1. The van der Waals surface area contributed by atoms with Gasteiger partial charge in [0.25, 0.3) is 0 Å². The summed E-state index contributed by atoms with van der Waals surface area (Å²) >= 11 is 0. The molecule has 3 aliphatic heterocycles. The van der Waals surface area contributed by atoms with Gasteiger partial charge in [-0.15, -0.1) is 0 Å². The molecule has 0 aliphatic carbocycles. The highest BCUT2D eigenvalue weighted by Crippen LogP contribution is 2.46. The average molecular weight is 283 g/mol. The van der Waals surface area contributed by atoms with Crippen molar-refractivity contribution in [2.75, 3.05) is 7.05 Å². The monoisotopic (exact) mass is 283 g/mol. The molecule has 4 rings (SSSR count). The maximum absolute atomic E-state index is 12.8. The molecule has 3 nitrogen and oxygen atoms in total. The van der Waals surface area contributed by atoms with Crippen LogP contribution in [0.1, 0.15) is 38.2 Å². The van der Waals surface area contributed by atoms with Crippen LogP contribution in [0.5, 0.6) is 0 Å². The predicted octanol–water partition coefficient (Wildman–Crippen LogP) is 3.01. The van der Waals surface area contributed by atoms with Crippen molar-refractivity contribution in [2.45, 2.75) is 50.3 Å². The van der Waals surface area contributed by atoms with Crippen LogP contribution < -0.4 is 0 Å². The van der Waals surface area contributed by atoms with E-state index in [0.29, 0.717) is 12.5 Å². The van der Waals surface area contributed by atoms with E-state index in [1.54, 1.807) is 0 Å². The van der Waals surface area contributed by atoms with Crippen LogP contribution in [0.2, 0.25) is 0 Å². The normalized spacial score (nSPS) is 35.6. The second kappa shape index (κ2) is 4.44. The zero-order valence-electron chi connectivity index (χ0n) is 12.6. The van der Waals surface area contributed by atoms with E-state index in [4.69, 9.17) is 4.74 Å². The molecule has 1 unspecified atom stereocenters. The lowest BCUT2D eigenvalue weighted by atomic mass is 9.82. The molecular formula is C18H21NO2. The summed E-state index contributed by atoms with van der Waals surface area (Å²) in [5, 5.41) is 0. The SMILES string of the molecule is CN1C2CC[C@@H]1CC1=C2C(=O)C[C@@](C)(c2ccccc2)O1. The van der Waals surface area contributed by atoms with Crippen molar-refractivity contribution in [2.24, 2.45) is 0 Å². The van der Waals surface area contributed by atoms with Crippen molar-refractivity contribution in [3.8, 4) is 0 Å². The molecule has 1 fully saturated rings. The number of carbonyl (C=O) groups excluding carboxylic acids is 1. The van der Waals surface area contributed by atoms with Gasteiger partial charge in [0.15, 0.2) is 5.78 Å². The van der Waals surface area contributed by atoms with Gasteiger partial charge < -0.3 is 4.74 Å². The second-order valence-electron chi connectivity index (χ2n) is 6.75. The lowest BCUT2D eigenvalue weighted by Gasteiger charge is -2.43. The lowest BCUT2D eigenvalue weighted by molar-refractivity contribution is -0.127. The number of hydrogen-bond acceptors (Lipinski definition) is 3. The fourth-order valence-corrected chi connectivity index (χ4v) is 4.22. The summed E-state index contributed by atoms with van der Waals surface area (Å²) in [6.07, 6.45) is 3.60. The Hall–Kier alpha value is -1.61. The van der Waals surface area contributed by atoms with Crippen LogP contribution in [0.3, 0.4) is 0 Å². The molecule has 0 N–H and O–H groups in total. The van der Waals surface area contributed by atoms with E-state index < -0.39 is 5.60 Å². The summed E-state index contributed by atoms with van der Waals surface area (Å²) in [5.41, 5.74) is 1.54. The van der Waals surface area contributed by atoms with Gasteiger partial charge in [0.1, 0.15) is 11.4 Å². The topological polar surface area (TPSA) is 29.5 Å². The van der Waals surface area contributed by atoms with Crippen molar-refractivity contribution in [1.29, 1.82) is 0 Å². The highest BCUT2D eigenvalue weighted by Gasteiger charge is 2.48. The minimum atomic E-state index is -0.507. The predicted molar refractivity (Wildman–Crippen MR) is 80.7 cm³/mol. The van der Waals surface area contributed by atoms with E-state index in [9.17, 15) is 4.79 Å². The molecule has 0 aromatic heterocycles. The van der Waals surface area contributed by atoms with E-state index in [1.165, 1.54) is 6.42 Å². The number of nitrogens with zero attached hydrogens (tertiary/aromatic N) is 1. The van der Waals surface area contributed by atoms with Gasteiger partial charge in [-0.05, 0) is 32.4 Å². The number of likely N-dealkylation sites (N-methyl/N-ethyl adjacent to an activating group) is 1. The van der Waals surface area contributed by atoms with Crippen LogP contribution in [0.15, 0.2) is 41.7 Å². The maximum atomic E-state index is 12.8. The summed E-state index contributed by atoms with van der Waals surface area (Å²) in [5.74, 6) is 1.24. The number of rotatable bonds is 1. The highest BCUT2D eigenvalue weighted by molar-refractivity contribution is 5.98. The third kappa shape index (κ3) is 1.87. The molecule has 110 valence electrons. The molecule has 0 amide bonds. The summed E-state index contributed by atoms with van der Waals surface area (Å²) < 4.78 is 6.40. The Morgan fingerprint density at radius 2 is 2.00 bits per heavy atom. The van der Waals surface area contributed by atoms with Gasteiger partial charge in [0.05, 0.1) is 12.0 Å². The number of carbonyl (C=O) groups is 1. The molecule has 2 bridgehead atoms. The quantitative estimate of drug-likeness (QED) is 0.793. The van der Waals surface area contributed by atoms with Crippen LogP contribution in [-0.2, 0) is 15.1 Å². The van der Waals surface area contributed by atoms with Crippen molar-refractivity contribution in [3.63, 3.8) is 0 Å². The molecular weight excluding hydrogens is 262 g/mol. The third-order valence-corrected chi connectivity index (χ3v) is 5.43. The van der Waals surface area contributed by atoms with Gasteiger partial charge in [-0.3, -0.25) is 9.69 Å². The first kappa shape index (κ1) is 13.1. The van der Waals surface area contributed by atoms with E-state index in [-0.39, 0.29) is 11.8 Å². The Morgan fingerprint density at radius 1 is 1.24 bits per heavy atom. The summed E-state index contributed by atoms with van der Waals surface area (Å²) in [7, 11) is 2.14. The molecule has 1 aromatic carbocycles. The van der Waals surface area contributed by atoms with Gasteiger partial charge in [0, 0.05) is 18.5 Å². The molecule has 3 heterocycles. The van der Waals surface area contributed by atoms with Crippen molar-refractivity contribution in [3.05, 3.63) is 47.2 Å². The fraction of sp³-hybridized carbons (Fsp3) is 0.500. The number of benzene rings is 1. The van der Waals surface area contributed by atoms with Gasteiger partial charge >= 0.3 is 0 Å². The first-order valence-electron chi connectivity index (χ1n) is 7.81. The van der Waals surface area contributed by atoms with E-state index in [1.807, 2.05) is 25.1 Å². The molecule has 1 aromatic rings. The van der Waals surface area contributed by atoms with Crippen LogP contribution in [0.4, 0.5) is 0 Å². The first-order valence-corrected chi connectivity index (χ1v) is 7.81.